The Morgan fingerprint density at radius 2 is 1.68 bits per heavy atom. The fourth-order valence-electron chi connectivity index (χ4n) is 3.21. The second-order valence-corrected chi connectivity index (χ2v) is 6.68. The number of hydrogen-bond donors (Lipinski definition) is 0. The molecule has 28 heavy (non-hydrogen) atoms. The number of hydrogen-bond acceptors (Lipinski definition) is 3. The van der Waals surface area contributed by atoms with Gasteiger partial charge in [-0.15, -0.1) is 0 Å². The maximum absolute atomic E-state index is 9.63. The highest BCUT2D eigenvalue weighted by molar-refractivity contribution is 5.92. The number of fused-ring (bicyclic) bond motifs is 1. The molecule has 0 aromatic heterocycles. The Morgan fingerprint density at radius 1 is 0.964 bits per heavy atom. The van der Waals surface area contributed by atoms with E-state index in [0.29, 0.717) is 12.2 Å². The predicted octanol–water partition coefficient (Wildman–Crippen LogP) is 5.62. The topological polar surface area (TPSA) is 36.3 Å². The maximum atomic E-state index is 9.63. The lowest BCUT2D eigenvalue weighted by atomic mass is 10.0. The Bertz CT molecular complexity index is 979. The van der Waals surface area contributed by atoms with Gasteiger partial charge in [0.05, 0.1) is 11.6 Å². The van der Waals surface area contributed by atoms with Crippen molar-refractivity contribution in [2.24, 2.45) is 0 Å². The fourth-order valence-corrected chi connectivity index (χ4v) is 3.21. The van der Waals surface area contributed by atoms with Crippen molar-refractivity contribution in [2.45, 2.75) is 13.8 Å². The first-order chi connectivity index (χ1) is 13.7. The molecule has 0 saturated heterocycles. The van der Waals surface area contributed by atoms with E-state index in [0.717, 1.165) is 36.5 Å². The van der Waals surface area contributed by atoms with Crippen LogP contribution in [0.1, 0.15) is 25.0 Å². The summed E-state index contributed by atoms with van der Waals surface area (Å²) in [7, 11) is 0. The molecule has 0 N–H and O–H groups in total. The second-order valence-electron chi connectivity index (χ2n) is 6.68. The first-order valence-corrected chi connectivity index (χ1v) is 9.79. The molecule has 0 spiro atoms. The van der Waals surface area contributed by atoms with Crippen LogP contribution in [0.3, 0.4) is 0 Å². The van der Waals surface area contributed by atoms with Gasteiger partial charge in [0.15, 0.2) is 0 Å². The van der Waals surface area contributed by atoms with Crippen LogP contribution in [-0.2, 0) is 0 Å². The summed E-state index contributed by atoms with van der Waals surface area (Å²) in [4.78, 5) is 2.33. The first kappa shape index (κ1) is 19.7. The molecular formula is C25H26N2O. The SMILES string of the molecule is CCN(CC)CCOc1ccc(/C(C#N)=C\c2ccc3ccccc3c2)cc1. The zero-order chi connectivity index (χ0) is 19.8. The first-order valence-electron chi connectivity index (χ1n) is 9.79. The lowest BCUT2D eigenvalue weighted by Gasteiger charge is -2.18. The molecule has 0 unspecified atom stereocenters. The third-order valence-electron chi connectivity index (χ3n) is 4.94. The maximum Gasteiger partial charge on any atom is 0.119 e. The van der Waals surface area contributed by atoms with Gasteiger partial charge in [0.2, 0.25) is 0 Å². The molecular weight excluding hydrogens is 344 g/mol. The summed E-state index contributed by atoms with van der Waals surface area (Å²) >= 11 is 0. The van der Waals surface area contributed by atoms with E-state index in [4.69, 9.17) is 4.74 Å². The van der Waals surface area contributed by atoms with Crippen LogP contribution >= 0.6 is 0 Å². The molecule has 0 saturated carbocycles. The fraction of sp³-hybridized carbons (Fsp3) is 0.240. The minimum absolute atomic E-state index is 0.643. The number of rotatable bonds is 8. The van der Waals surface area contributed by atoms with Gasteiger partial charge in [-0.2, -0.15) is 5.26 Å². The van der Waals surface area contributed by atoms with Gasteiger partial charge in [0, 0.05) is 6.54 Å². The van der Waals surface area contributed by atoms with Crippen molar-refractivity contribution in [2.75, 3.05) is 26.2 Å². The molecule has 0 aliphatic rings. The Labute approximate surface area is 167 Å². The molecule has 0 aliphatic heterocycles. The summed E-state index contributed by atoms with van der Waals surface area (Å²) in [6.07, 6.45) is 1.93. The predicted molar refractivity (Wildman–Crippen MR) is 117 cm³/mol. The smallest absolute Gasteiger partial charge is 0.119 e. The van der Waals surface area contributed by atoms with E-state index < -0.39 is 0 Å². The Hall–Kier alpha value is -3.09. The third-order valence-corrected chi connectivity index (χ3v) is 4.94. The second kappa shape index (κ2) is 9.73. The Kier molecular flexibility index (Phi) is 6.84. The van der Waals surface area contributed by atoms with Crippen molar-refractivity contribution >= 4 is 22.4 Å². The van der Waals surface area contributed by atoms with E-state index in [1.54, 1.807) is 0 Å². The minimum Gasteiger partial charge on any atom is -0.492 e. The molecule has 0 amide bonds. The van der Waals surface area contributed by atoms with Gasteiger partial charge >= 0.3 is 0 Å². The van der Waals surface area contributed by atoms with Crippen molar-refractivity contribution in [3.63, 3.8) is 0 Å². The van der Waals surface area contributed by atoms with Crippen LogP contribution in [0.15, 0.2) is 66.7 Å². The van der Waals surface area contributed by atoms with Gasteiger partial charge in [-0.1, -0.05) is 50.2 Å². The molecule has 0 fully saturated rings. The van der Waals surface area contributed by atoms with Gasteiger partial charge in [-0.25, -0.2) is 0 Å². The Morgan fingerprint density at radius 3 is 2.36 bits per heavy atom. The zero-order valence-electron chi connectivity index (χ0n) is 16.6. The van der Waals surface area contributed by atoms with Gasteiger partial charge in [-0.05, 0) is 71.4 Å². The summed E-state index contributed by atoms with van der Waals surface area (Å²) < 4.78 is 5.83. The summed E-state index contributed by atoms with van der Waals surface area (Å²) in [5, 5.41) is 12.0. The highest BCUT2D eigenvalue weighted by Crippen LogP contribution is 2.23. The largest absolute Gasteiger partial charge is 0.492 e. The highest BCUT2D eigenvalue weighted by Gasteiger charge is 2.04. The zero-order valence-corrected chi connectivity index (χ0v) is 16.6. The molecule has 3 nitrogen and oxygen atoms in total. The highest BCUT2D eigenvalue weighted by atomic mass is 16.5. The number of allylic oxidation sites excluding steroid dienone is 1. The van der Waals surface area contributed by atoms with Gasteiger partial charge in [0.1, 0.15) is 12.4 Å². The minimum atomic E-state index is 0.643. The number of benzene rings is 3. The van der Waals surface area contributed by atoms with E-state index in [2.05, 4.69) is 49.1 Å². The van der Waals surface area contributed by atoms with E-state index in [1.807, 2.05) is 48.5 Å². The molecule has 0 heterocycles. The molecule has 3 aromatic rings. The van der Waals surface area contributed by atoms with E-state index in [1.165, 1.54) is 10.8 Å². The van der Waals surface area contributed by atoms with Crippen LogP contribution in [0, 0.1) is 11.3 Å². The van der Waals surface area contributed by atoms with Crippen LogP contribution in [0.25, 0.3) is 22.4 Å². The summed E-state index contributed by atoms with van der Waals surface area (Å²) in [6, 6.07) is 24.6. The molecule has 0 atom stereocenters. The van der Waals surface area contributed by atoms with E-state index in [9.17, 15) is 5.26 Å². The number of nitrogens with zero attached hydrogens (tertiary/aromatic N) is 2. The Balaban J connectivity index is 1.71. The molecule has 3 rings (SSSR count). The van der Waals surface area contributed by atoms with Crippen molar-refractivity contribution in [3.05, 3.63) is 77.9 Å². The summed E-state index contributed by atoms with van der Waals surface area (Å²) in [6.45, 7) is 7.96. The molecule has 0 bridgehead atoms. The van der Waals surface area contributed by atoms with E-state index in [-0.39, 0.29) is 0 Å². The molecule has 0 aliphatic carbocycles. The standard InChI is InChI=1S/C25H26N2O/c1-3-27(4-2)15-16-28-25-13-11-22(12-14-25)24(19-26)18-20-9-10-21-7-5-6-8-23(21)17-20/h5-14,17-18H,3-4,15-16H2,1-2H3/b24-18-. The monoisotopic (exact) mass is 370 g/mol. The number of nitriles is 1. The molecule has 3 heteroatoms. The molecule has 0 radical (unpaired) electrons. The lowest BCUT2D eigenvalue weighted by Crippen LogP contribution is -2.27. The van der Waals surface area contributed by atoms with Crippen LogP contribution in [0.4, 0.5) is 0 Å². The number of likely N-dealkylation sites (N-methyl/N-ethyl adjacent to an activating group) is 1. The summed E-state index contributed by atoms with van der Waals surface area (Å²) in [5.74, 6) is 0.832. The van der Waals surface area contributed by atoms with Crippen LogP contribution < -0.4 is 4.74 Å². The van der Waals surface area contributed by atoms with Crippen molar-refractivity contribution in [3.8, 4) is 11.8 Å². The molecule has 3 aromatic carbocycles. The van der Waals surface area contributed by atoms with Crippen LogP contribution in [0.5, 0.6) is 5.75 Å². The lowest BCUT2D eigenvalue weighted by molar-refractivity contribution is 0.223. The van der Waals surface area contributed by atoms with Crippen LogP contribution in [0.2, 0.25) is 0 Å². The molecule has 142 valence electrons. The van der Waals surface area contributed by atoms with E-state index >= 15 is 0 Å². The quantitative estimate of drug-likeness (QED) is 0.381. The normalized spacial score (nSPS) is 11.6. The number of ether oxygens (including phenoxy) is 1. The van der Waals surface area contributed by atoms with Crippen LogP contribution in [-0.4, -0.2) is 31.1 Å². The average Bonchev–Trinajstić information content (AvgIpc) is 2.75. The van der Waals surface area contributed by atoms with Gasteiger partial charge in [-0.3, -0.25) is 0 Å². The van der Waals surface area contributed by atoms with Gasteiger partial charge in [0.25, 0.3) is 0 Å². The van der Waals surface area contributed by atoms with Crippen molar-refractivity contribution in [1.29, 1.82) is 5.26 Å². The van der Waals surface area contributed by atoms with Crippen molar-refractivity contribution in [1.82, 2.24) is 4.90 Å². The summed E-state index contributed by atoms with van der Waals surface area (Å²) in [5.41, 5.74) is 2.56. The van der Waals surface area contributed by atoms with Crippen molar-refractivity contribution < 1.29 is 4.74 Å². The average molecular weight is 370 g/mol. The van der Waals surface area contributed by atoms with Gasteiger partial charge < -0.3 is 9.64 Å². The third kappa shape index (κ3) is 5.00.